The van der Waals surface area contributed by atoms with E-state index in [4.69, 9.17) is 4.74 Å². The lowest BCUT2D eigenvalue weighted by Crippen LogP contribution is -2.39. The van der Waals surface area contributed by atoms with E-state index in [1.165, 1.54) is 22.0 Å². The number of ether oxygens (including phenoxy) is 1. The number of carbonyl (C=O) groups is 2. The van der Waals surface area contributed by atoms with Crippen LogP contribution in [0.5, 0.6) is 0 Å². The maximum atomic E-state index is 12.9. The highest BCUT2D eigenvalue weighted by atomic mass is 32.1. The second-order valence-electron chi connectivity index (χ2n) is 7.41. The zero-order valence-corrected chi connectivity index (χ0v) is 18.5. The van der Waals surface area contributed by atoms with Gasteiger partial charge in [0, 0.05) is 30.0 Å². The summed E-state index contributed by atoms with van der Waals surface area (Å²) in [5.74, 6) is -0.394. The third kappa shape index (κ3) is 5.73. The first-order chi connectivity index (χ1) is 13.1. The molecule has 0 aliphatic carbocycles. The van der Waals surface area contributed by atoms with Crippen molar-refractivity contribution in [3.63, 3.8) is 0 Å². The molecule has 1 amide bonds. The van der Waals surface area contributed by atoms with Crippen molar-refractivity contribution in [3.05, 3.63) is 41.4 Å². The zero-order valence-electron chi connectivity index (χ0n) is 16.8. The minimum atomic E-state index is -0.570. The number of hydrogen-bond acceptors (Lipinski definition) is 6. The van der Waals surface area contributed by atoms with Gasteiger partial charge in [-0.15, -0.1) is 22.7 Å². The Morgan fingerprint density at radius 3 is 2.61 bits per heavy atom. The van der Waals surface area contributed by atoms with Gasteiger partial charge in [-0.1, -0.05) is 20.8 Å². The average molecular weight is 423 g/mol. The van der Waals surface area contributed by atoms with Gasteiger partial charge in [-0.3, -0.25) is 19.0 Å². The van der Waals surface area contributed by atoms with Gasteiger partial charge in [-0.25, -0.2) is 0 Å². The molecule has 2 aromatic heterocycles. The standard InChI is InChI=1S/C20H26N2O4S2/c1-13-6-9-27-14(13)10-15-19(25)22(12-17(24)21-7-8-26-5)18(28-15)11-16(23)20(2,3)4/h6,9-11H,7-8,12H2,1-5H3,(H,21,24)/b15-10+,18-11-. The van der Waals surface area contributed by atoms with E-state index in [1.54, 1.807) is 18.4 Å². The number of nitrogens with one attached hydrogen (secondary N) is 1. The second-order valence-corrected chi connectivity index (χ2v) is 9.42. The molecule has 0 aliphatic rings. The van der Waals surface area contributed by atoms with E-state index >= 15 is 0 Å². The largest absolute Gasteiger partial charge is 0.383 e. The van der Waals surface area contributed by atoms with Crippen molar-refractivity contribution < 1.29 is 14.3 Å². The molecule has 0 aliphatic heterocycles. The van der Waals surface area contributed by atoms with Crippen molar-refractivity contribution in [1.82, 2.24) is 9.88 Å². The Bertz CT molecular complexity index is 1020. The second kappa shape index (κ2) is 9.45. The smallest absolute Gasteiger partial charge is 0.269 e. The molecule has 0 saturated heterocycles. The van der Waals surface area contributed by atoms with Gasteiger partial charge in [0.1, 0.15) is 11.2 Å². The van der Waals surface area contributed by atoms with E-state index < -0.39 is 5.41 Å². The van der Waals surface area contributed by atoms with Crippen LogP contribution in [0.4, 0.5) is 0 Å². The Morgan fingerprint density at radius 2 is 2.04 bits per heavy atom. The molecule has 0 spiro atoms. The minimum Gasteiger partial charge on any atom is -0.383 e. The number of methoxy groups -OCH3 is 1. The number of thiazole rings is 1. The van der Waals surface area contributed by atoms with E-state index in [-0.39, 0.29) is 23.8 Å². The van der Waals surface area contributed by atoms with Crippen LogP contribution in [0.25, 0.3) is 12.2 Å². The Balaban J connectivity index is 2.52. The highest BCUT2D eigenvalue weighted by Gasteiger charge is 2.20. The molecule has 2 rings (SSSR count). The number of ketones is 1. The van der Waals surface area contributed by atoms with Crippen molar-refractivity contribution >= 4 is 46.5 Å². The highest BCUT2D eigenvalue weighted by Crippen LogP contribution is 2.16. The number of thiophene rings is 1. The number of amides is 1. The van der Waals surface area contributed by atoms with Crippen LogP contribution < -0.4 is 20.1 Å². The van der Waals surface area contributed by atoms with Gasteiger partial charge < -0.3 is 10.1 Å². The molecule has 0 bridgehead atoms. The first-order valence-electron chi connectivity index (χ1n) is 8.90. The first-order valence-corrected chi connectivity index (χ1v) is 10.6. The van der Waals surface area contributed by atoms with Crippen LogP contribution in [0.15, 0.2) is 16.2 Å². The molecular weight excluding hydrogens is 396 g/mol. The number of nitrogens with zero attached hydrogens (tertiary/aromatic N) is 1. The number of aryl methyl sites for hydroxylation is 1. The summed E-state index contributed by atoms with van der Waals surface area (Å²) in [6.45, 7) is 8.06. The molecule has 0 saturated carbocycles. The fourth-order valence-corrected chi connectivity index (χ4v) is 4.22. The molecule has 0 unspecified atom stereocenters. The average Bonchev–Trinajstić information content (AvgIpc) is 3.13. The molecule has 6 nitrogen and oxygen atoms in total. The summed E-state index contributed by atoms with van der Waals surface area (Å²) in [6.07, 6.45) is 3.29. The minimum absolute atomic E-state index is 0.0962. The lowest BCUT2D eigenvalue weighted by atomic mass is 9.91. The Hall–Kier alpha value is -2.03. The molecule has 8 heteroatoms. The summed E-state index contributed by atoms with van der Waals surface area (Å²) in [7, 11) is 1.55. The van der Waals surface area contributed by atoms with Crippen LogP contribution in [0, 0.1) is 12.3 Å². The molecule has 2 heterocycles. The van der Waals surface area contributed by atoms with Crippen molar-refractivity contribution in [2.45, 2.75) is 34.2 Å². The van der Waals surface area contributed by atoms with Crippen molar-refractivity contribution in [2.24, 2.45) is 5.41 Å². The van der Waals surface area contributed by atoms with Crippen LogP contribution in [0.2, 0.25) is 0 Å². The third-order valence-electron chi connectivity index (χ3n) is 4.02. The predicted octanol–water partition coefficient (Wildman–Crippen LogP) is 1.27. The van der Waals surface area contributed by atoms with E-state index in [0.29, 0.717) is 22.3 Å². The van der Waals surface area contributed by atoms with Gasteiger partial charge in [-0.05, 0) is 30.0 Å². The van der Waals surface area contributed by atoms with E-state index in [9.17, 15) is 14.4 Å². The molecule has 2 aromatic rings. The SMILES string of the molecule is COCCNC(=O)Cn1c(=O)/c(=C\c2sccc2C)s/c1=C\C(=O)C(C)(C)C. The number of carbonyl (C=O) groups excluding carboxylic acids is 2. The third-order valence-corrected chi connectivity index (χ3v) is 6.05. The molecule has 0 radical (unpaired) electrons. The van der Waals surface area contributed by atoms with Gasteiger partial charge in [-0.2, -0.15) is 0 Å². The fourth-order valence-electron chi connectivity index (χ4n) is 2.26. The topological polar surface area (TPSA) is 77.4 Å². The summed E-state index contributed by atoms with van der Waals surface area (Å²) >= 11 is 2.77. The number of Topliss-reactive ketones (excluding diaryl/α,β-unsaturated/α-hetero) is 1. The Labute approximate surface area is 172 Å². The molecule has 28 heavy (non-hydrogen) atoms. The maximum Gasteiger partial charge on any atom is 0.269 e. The fraction of sp³-hybridized carbons (Fsp3) is 0.450. The summed E-state index contributed by atoms with van der Waals surface area (Å²) in [6, 6.07) is 1.99. The highest BCUT2D eigenvalue weighted by molar-refractivity contribution is 7.11. The predicted molar refractivity (Wildman–Crippen MR) is 114 cm³/mol. The molecule has 1 N–H and O–H groups in total. The van der Waals surface area contributed by atoms with Gasteiger partial charge in [0.05, 0.1) is 11.1 Å². The van der Waals surface area contributed by atoms with E-state index in [2.05, 4.69) is 5.32 Å². The van der Waals surface area contributed by atoms with Crippen LogP contribution in [-0.2, 0) is 20.9 Å². The van der Waals surface area contributed by atoms with E-state index in [0.717, 1.165) is 10.4 Å². The molecule has 0 aromatic carbocycles. The van der Waals surface area contributed by atoms with Crippen molar-refractivity contribution in [2.75, 3.05) is 20.3 Å². The summed E-state index contributed by atoms with van der Waals surface area (Å²) < 4.78 is 7.27. The van der Waals surface area contributed by atoms with Gasteiger partial charge in [0.15, 0.2) is 5.78 Å². The molecule has 0 atom stereocenters. The quantitative estimate of drug-likeness (QED) is 0.682. The van der Waals surface area contributed by atoms with Gasteiger partial charge in [0.25, 0.3) is 5.56 Å². The van der Waals surface area contributed by atoms with Gasteiger partial charge in [0.2, 0.25) is 5.91 Å². The van der Waals surface area contributed by atoms with E-state index in [1.807, 2.05) is 45.2 Å². The number of aromatic nitrogens is 1. The maximum absolute atomic E-state index is 12.9. The van der Waals surface area contributed by atoms with Crippen molar-refractivity contribution in [3.8, 4) is 0 Å². The zero-order chi connectivity index (χ0) is 20.9. The first kappa shape index (κ1) is 22.3. The lowest BCUT2D eigenvalue weighted by Gasteiger charge is -2.13. The number of hydrogen-bond donors (Lipinski definition) is 1. The lowest BCUT2D eigenvalue weighted by molar-refractivity contribution is -0.122. The van der Waals surface area contributed by atoms with Crippen molar-refractivity contribution in [1.29, 1.82) is 0 Å². The van der Waals surface area contributed by atoms with Crippen LogP contribution in [0.1, 0.15) is 31.2 Å². The normalized spacial score (nSPS) is 13.2. The molecule has 152 valence electrons. The van der Waals surface area contributed by atoms with Crippen LogP contribution in [-0.4, -0.2) is 36.5 Å². The summed E-state index contributed by atoms with van der Waals surface area (Å²) in [4.78, 5) is 38.6. The molecular formula is C20H26N2O4S2. The van der Waals surface area contributed by atoms with Gasteiger partial charge >= 0.3 is 0 Å². The van der Waals surface area contributed by atoms with Crippen LogP contribution in [0.3, 0.4) is 0 Å². The summed E-state index contributed by atoms with van der Waals surface area (Å²) in [5, 5.41) is 4.67. The monoisotopic (exact) mass is 422 g/mol. The number of rotatable bonds is 7. The summed E-state index contributed by atoms with van der Waals surface area (Å²) in [5.41, 5.74) is 0.241. The Kier molecular flexibility index (Phi) is 7.51. The molecule has 0 fully saturated rings. The van der Waals surface area contributed by atoms with Crippen LogP contribution >= 0.6 is 22.7 Å². The Morgan fingerprint density at radius 1 is 1.32 bits per heavy atom.